The van der Waals surface area contributed by atoms with Crippen LogP contribution < -0.4 is 20.8 Å². The van der Waals surface area contributed by atoms with Crippen molar-refractivity contribution in [3.63, 3.8) is 0 Å². The Labute approximate surface area is 173 Å². The van der Waals surface area contributed by atoms with Crippen molar-refractivity contribution in [2.45, 2.75) is 19.4 Å². The monoisotopic (exact) mass is 415 g/mol. The molecule has 0 atom stereocenters. The molecule has 2 heterocycles. The van der Waals surface area contributed by atoms with Crippen molar-refractivity contribution in [3.8, 4) is 6.01 Å². The Morgan fingerprint density at radius 3 is 2.83 bits per heavy atom. The van der Waals surface area contributed by atoms with E-state index in [1.807, 2.05) is 4.90 Å². The second kappa shape index (κ2) is 9.46. The van der Waals surface area contributed by atoms with Gasteiger partial charge in [0.05, 0.1) is 30.7 Å². The average Bonchev–Trinajstić information content (AvgIpc) is 2.72. The molecule has 2 aromatic rings. The molecule has 1 fully saturated rings. The van der Waals surface area contributed by atoms with E-state index in [9.17, 15) is 9.90 Å². The predicted octanol–water partition coefficient (Wildman–Crippen LogP) is 0.403. The number of carbonyl (C=O) groups excluding carboxylic acids is 1. The lowest BCUT2D eigenvalue weighted by atomic mass is 10.2. The fourth-order valence-corrected chi connectivity index (χ4v) is 2.54. The minimum Gasteiger partial charge on any atom is -0.460 e. The molecule has 1 aliphatic heterocycles. The zero-order chi connectivity index (χ0) is 21.6. The number of nitrogens with two attached hydrogens (primary N) is 1. The molecule has 0 aliphatic carbocycles. The highest BCUT2D eigenvalue weighted by atomic mass is 16.5. The van der Waals surface area contributed by atoms with E-state index in [1.165, 1.54) is 6.21 Å². The molecule has 1 aromatic carbocycles. The van der Waals surface area contributed by atoms with Crippen molar-refractivity contribution < 1.29 is 19.4 Å². The van der Waals surface area contributed by atoms with E-state index >= 15 is 0 Å². The second-order valence-corrected chi connectivity index (χ2v) is 7.29. The minimum atomic E-state index is -1.03. The van der Waals surface area contributed by atoms with Gasteiger partial charge >= 0.3 is 6.01 Å². The Bertz CT molecular complexity index is 908. The van der Waals surface area contributed by atoms with E-state index in [-0.39, 0.29) is 18.4 Å². The summed E-state index contributed by atoms with van der Waals surface area (Å²) in [6, 6.07) is 6.73. The largest absolute Gasteiger partial charge is 0.460 e. The third-order valence-corrected chi connectivity index (χ3v) is 3.99. The van der Waals surface area contributed by atoms with Crippen LogP contribution in [0.3, 0.4) is 0 Å². The smallest absolute Gasteiger partial charge is 0.321 e. The van der Waals surface area contributed by atoms with Crippen LogP contribution in [-0.2, 0) is 4.74 Å². The Morgan fingerprint density at radius 2 is 2.13 bits per heavy atom. The average molecular weight is 415 g/mol. The van der Waals surface area contributed by atoms with E-state index < -0.39 is 11.5 Å². The fraction of sp³-hybridized carbons (Fsp3) is 0.421. The first kappa shape index (κ1) is 21.4. The molecule has 0 radical (unpaired) electrons. The van der Waals surface area contributed by atoms with Crippen molar-refractivity contribution in [2.75, 3.05) is 43.2 Å². The zero-order valence-electron chi connectivity index (χ0n) is 16.9. The Balaban J connectivity index is 1.78. The lowest BCUT2D eigenvalue weighted by Gasteiger charge is -2.27. The topological polar surface area (TPSA) is 148 Å². The molecule has 160 valence electrons. The summed E-state index contributed by atoms with van der Waals surface area (Å²) in [7, 11) is 0. The van der Waals surface area contributed by atoms with Gasteiger partial charge in [-0.2, -0.15) is 20.1 Å². The van der Waals surface area contributed by atoms with Gasteiger partial charge < -0.3 is 25.2 Å². The van der Waals surface area contributed by atoms with Gasteiger partial charge in [0.1, 0.15) is 6.61 Å². The molecule has 1 aromatic heterocycles. The first-order valence-electron chi connectivity index (χ1n) is 9.43. The third kappa shape index (κ3) is 6.36. The van der Waals surface area contributed by atoms with E-state index in [0.717, 1.165) is 0 Å². The maximum Gasteiger partial charge on any atom is 0.321 e. The number of anilines is 2. The summed E-state index contributed by atoms with van der Waals surface area (Å²) >= 11 is 0. The number of carbonyl (C=O) groups is 1. The van der Waals surface area contributed by atoms with E-state index in [2.05, 4.69) is 25.5 Å². The van der Waals surface area contributed by atoms with E-state index in [0.29, 0.717) is 43.5 Å². The van der Waals surface area contributed by atoms with Gasteiger partial charge in [-0.1, -0.05) is 6.07 Å². The number of hydrogen-bond acceptors (Lipinski definition) is 10. The van der Waals surface area contributed by atoms with Gasteiger partial charge in [-0.15, -0.1) is 0 Å². The lowest BCUT2D eigenvalue weighted by molar-refractivity contribution is 0.0249. The summed E-state index contributed by atoms with van der Waals surface area (Å²) in [5, 5.41) is 14.0. The zero-order valence-corrected chi connectivity index (χ0v) is 16.9. The van der Waals surface area contributed by atoms with Crippen LogP contribution in [0.25, 0.3) is 0 Å². The molecule has 0 spiro atoms. The number of primary amides is 1. The summed E-state index contributed by atoms with van der Waals surface area (Å²) < 4.78 is 10.9. The van der Waals surface area contributed by atoms with Gasteiger partial charge in [0, 0.05) is 18.7 Å². The number of hydrazone groups is 1. The van der Waals surface area contributed by atoms with Gasteiger partial charge in [-0.05, 0) is 32.0 Å². The van der Waals surface area contributed by atoms with Gasteiger partial charge in [0.2, 0.25) is 11.9 Å². The summed E-state index contributed by atoms with van der Waals surface area (Å²) in [6.07, 6.45) is 1.42. The highest BCUT2D eigenvalue weighted by Crippen LogP contribution is 2.15. The number of ether oxygens (including phenoxy) is 2. The van der Waals surface area contributed by atoms with Gasteiger partial charge in [-0.3, -0.25) is 10.2 Å². The van der Waals surface area contributed by atoms with Gasteiger partial charge in [0.15, 0.2) is 5.82 Å². The number of rotatable bonds is 8. The van der Waals surface area contributed by atoms with Crippen LogP contribution in [0, 0.1) is 0 Å². The third-order valence-electron chi connectivity index (χ3n) is 3.99. The highest BCUT2D eigenvalue weighted by Gasteiger charge is 2.19. The molecule has 11 nitrogen and oxygen atoms in total. The second-order valence-electron chi connectivity index (χ2n) is 7.29. The van der Waals surface area contributed by atoms with Crippen LogP contribution >= 0.6 is 0 Å². The number of nitrogens with zero attached hydrogens (tertiary/aromatic N) is 5. The first-order valence-corrected chi connectivity index (χ1v) is 9.43. The van der Waals surface area contributed by atoms with E-state index in [1.54, 1.807) is 38.1 Å². The minimum absolute atomic E-state index is 0.0221. The van der Waals surface area contributed by atoms with Crippen LogP contribution in [0.2, 0.25) is 0 Å². The van der Waals surface area contributed by atoms with Crippen LogP contribution in [0.1, 0.15) is 30.0 Å². The molecular formula is C19H25N7O4. The molecule has 0 bridgehead atoms. The normalized spacial score (nSPS) is 14.7. The number of benzene rings is 1. The summed E-state index contributed by atoms with van der Waals surface area (Å²) in [6.45, 7) is 5.72. The molecule has 1 aliphatic rings. The number of aromatic nitrogens is 3. The number of nitrogens with one attached hydrogen (secondary N) is 1. The van der Waals surface area contributed by atoms with Crippen LogP contribution in [0.5, 0.6) is 6.01 Å². The lowest BCUT2D eigenvalue weighted by Crippen LogP contribution is -2.37. The number of morpholine rings is 1. The standard InChI is InChI=1S/C19H25N7O4/c1-19(2,28)12-30-18-23-15(22-17(24-18)26-6-8-29-9-7-26)11-21-25-14-5-3-4-13(10-14)16(20)27/h3-5,10-11,25,28H,6-9,12H2,1-2H3,(H2,20,27). The molecule has 0 unspecified atom stereocenters. The molecular weight excluding hydrogens is 390 g/mol. The molecule has 0 saturated carbocycles. The van der Waals surface area contributed by atoms with Crippen molar-refractivity contribution in [3.05, 3.63) is 35.7 Å². The Hall–Kier alpha value is -3.31. The first-order chi connectivity index (χ1) is 14.3. The van der Waals surface area contributed by atoms with E-state index in [4.69, 9.17) is 15.2 Å². The molecule has 1 amide bonds. The van der Waals surface area contributed by atoms with Gasteiger partial charge in [0.25, 0.3) is 0 Å². The Kier molecular flexibility index (Phi) is 6.75. The van der Waals surface area contributed by atoms with Crippen LogP contribution in [0.4, 0.5) is 11.6 Å². The maximum atomic E-state index is 11.3. The summed E-state index contributed by atoms with van der Waals surface area (Å²) in [5.74, 6) is 0.191. The quantitative estimate of drug-likeness (QED) is 0.411. The predicted molar refractivity (Wildman–Crippen MR) is 111 cm³/mol. The highest BCUT2D eigenvalue weighted by molar-refractivity contribution is 5.93. The Morgan fingerprint density at radius 1 is 1.37 bits per heavy atom. The number of hydrogen-bond donors (Lipinski definition) is 3. The van der Waals surface area contributed by atoms with Crippen LogP contribution in [0.15, 0.2) is 29.4 Å². The molecule has 30 heavy (non-hydrogen) atoms. The summed E-state index contributed by atoms with van der Waals surface area (Å²) in [4.78, 5) is 26.2. The number of aliphatic hydroxyl groups is 1. The fourth-order valence-electron chi connectivity index (χ4n) is 2.54. The van der Waals surface area contributed by atoms with Crippen molar-refractivity contribution in [1.82, 2.24) is 15.0 Å². The van der Waals surface area contributed by atoms with Crippen LogP contribution in [-0.4, -0.2) is 70.7 Å². The molecule has 4 N–H and O–H groups in total. The van der Waals surface area contributed by atoms with Gasteiger partial charge in [-0.25, -0.2) is 0 Å². The molecule has 1 saturated heterocycles. The maximum absolute atomic E-state index is 11.3. The molecule has 11 heteroatoms. The van der Waals surface area contributed by atoms with Crippen molar-refractivity contribution >= 4 is 23.8 Å². The van der Waals surface area contributed by atoms with Crippen molar-refractivity contribution in [2.24, 2.45) is 10.8 Å². The SMILES string of the molecule is CC(C)(O)COc1nc(C=NNc2cccc(C(N)=O)c2)nc(N2CCOCC2)n1. The summed E-state index contributed by atoms with van der Waals surface area (Å²) in [5.41, 5.74) is 8.02. The van der Waals surface area contributed by atoms with Crippen molar-refractivity contribution in [1.29, 1.82) is 0 Å². The molecule has 3 rings (SSSR count). The number of amides is 1.